The van der Waals surface area contributed by atoms with Gasteiger partial charge in [-0.05, 0) is 55.5 Å². The average molecular weight is 352 g/mol. The predicted octanol–water partition coefficient (Wildman–Crippen LogP) is 3.98. The first-order chi connectivity index (χ1) is 12.6. The van der Waals surface area contributed by atoms with Crippen molar-refractivity contribution in [1.29, 1.82) is 0 Å². The van der Waals surface area contributed by atoms with Crippen molar-refractivity contribution < 1.29 is 18.7 Å². The van der Waals surface area contributed by atoms with Crippen molar-refractivity contribution in [3.63, 3.8) is 0 Å². The van der Waals surface area contributed by atoms with Crippen LogP contribution < -0.4 is 15.0 Å². The minimum atomic E-state index is -0.691. The number of hydrogen-bond acceptors (Lipinski definition) is 3. The number of anilines is 2. The van der Waals surface area contributed by atoms with E-state index in [1.165, 1.54) is 6.07 Å². The molecule has 0 saturated heterocycles. The summed E-state index contributed by atoms with van der Waals surface area (Å²) in [6, 6.07) is 11.8. The molecule has 1 spiro atoms. The highest BCUT2D eigenvalue weighted by Crippen LogP contribution is 2.60. The molecule has 26 heavy (non-hydrogen) atoms. The van der Waals surface area contributed by atoms with Crippen LogP contribution in [0.1, 0.15) is 31.2 Å². The molecule has 1 heterocycles. The van der Waals surface area contributed by atoms with Crippen molar-refractivity contribution in [3.05, 3.63) is 53.8 Å². The Morgan fingerprint density at radius 3 is 2.58 bits per heavy atom. The van der Waals surface area contributed by atoms with Crippen LogP contribution in [0.5, 0.6) is 5.75 Å². The van der Waals surface area contributed by atoms with Crippen LogP contribution in [0.3, 0.4) is 0 Å². The van der Waals surface area contributed by atoms with Gasteiger partial charge >= 0.3 is 6.09 Å². The minimum Gasteiger partial charge on any atom is -0.410 e. The minimum absolute atomic E-state index is 0.0120. The van der Waals surface area contributed by atoms with Gasteiger partial charge in [-0.25, -0.2) is 9.18 Å². The molecule has 0 atom stereocenters. The molecule has 2 amide bonds. The zero-order chi connectivity index (χ0) is 17.9. The summed E-state index contributed by atoms with van der Waals surface area (Å²) in [6.45, 7) is 0. The van der Waals surface area contributed by atoms with E-state index in [0.29, 0.717) is 22.7 Å². The smallest absolute Gasteiger partial charge is 0.410 e. The van der Waals surface area contributed by atoms with Gasteiger partial charge in [0, 0.05) is 11.7 Å². The van der Waals surface area contributed by atoms with E-state index in [9.17, 15) is 14.0 Å². The van der Waals surface area contributed by atoms with E-state index in [2.05, 4.69) is 5.32 Å². The van der Waals surface area contributed by atoms with Gasteiger partial charge < -0.3 is 9.64 Å². The molecule has 1 aliphatic heterocycles. The molecular formula is C20H17FN2O3. The number of rotatable bonds is 3. The second-order valence-electron chi connectivity index (χ2n) is 7.17. The third kappa shape index (κ3) is 2.29. The number of hydrogen-bond donors (Lipinski definition) is 1. The maximum atomic E-state index is 14.8. The molecule has 2 aliphatic carbocycles. The fourth-order valence-corrected chi connectivity index (χ4v) is 3.76. The van der Waals surface area contributed by atoms with Gasteiger partial charge in [-0.2, -0.15) is 0 Å². The Morgan fingerprint density at radius 2 is 1.92 bits per heavy atom. The third-order valence-corrected chi connectivity index (χ3v) is 5.31. The van der Waals surface area contributed by atoms with Crippen LogP contribution >= 0.6 is 0 Å². The van der Waals surface area contributed by atoms with Gasteiger partial charge in [-0.15, -0.1) is 0 Å². The first-order valence-corrected chi connectivity index (χ1v) is 8.80. The SMILES string of the molecule is O=C(Nc1cc(F)c2c(c1)C1(CC1)C(=O)N2C1CC1)Oc1ccccc1. The highest BCUT2D eigenvalue weighted by Gasteiger charge is 2.62. The first kappa shape index (κ1) is 15.4. The number of amides is 2. The predicted molar refractivity (Wildman–Crippen MR) is 93.9 cm³/mol. The van der Waals surface area contributed by atoms with Crippen LogP contribution in [0.25, 0.3) is 0 Å². The number of fused-ring (bicyclic) bond motifs is 2. The zero-order valence-electron chi connectivity index (χ0n) is 14.0. The van der Waals surface area contributed by atoms with Crippen LogP contribution in [0.2, 0.25) is 0 Å². The fraction of sp³-hybridized carbons (Fsp3) is 0.300. The number of benzene rings is 2. The normalized spacial score (nSPS) is 19.4. The Kier molecular flexibility index (Phi) is 3.13. The van der Waals surface area contributed by atoms with E-state index in [0.717, 1.165) is 25.7 Å². The average Bonchev–Trinajstić information content (AvgIpc) is 3.51. The number of carbonyl (C=O) groups excluding carboxylic acids is 2. The molecule has 1 N–H and O–H groups in total. The summed E-state index contributed by atoms with van der Waals surface area (Å²) in [5, 5.41) is 2.57. The topological polar surface area (TPSA) is 58.6 Å². The van der Waals surface area contributed by atoms with E-state index < -0.39 is 17.3 Å². The summed E-state index contributed by atoms with van der Waals surface area (Å²) < 4.78 is 20.0. The van der Waals surface area contributed by atoms with Crippen LogP contribution in [0.4, 0.5) is 20.6 Å². The molecule has 0 unspecified atom stereocenters. The van der Waals surface area contributed by atoms with Gasteiger partial charge in [-0.3, -0.25) is 10.1 Å². The van der Waals surface area contributed by atoms with Gasteiger partial charge in [0.25, 0.3) is 0 Å². The molecule has 0 aromatic heterocycles. The molecule has 6 heteroatoms. The lowest BCUT2D eigenvalue weighted by Crippen LogP contribution is -2.34. The molecule has 2 fully saturated rings. The summed E-state index contributed by atoms with van der Waals surface area (Å²) in [6.07, 6.45) is 2.62. The molecule has 132 valence electrons. The molecular weight excluding hydrogens is 335 g/mol. The number of nitrogens with zero attached hydrogens (tertiary/aromatic N) is 1. The molecule has 2 aromatic carbocycles. The van der Waals surface area contributed by atoms with Gasteiger partial charge in [-0.1, -0.05) is 18.2 Å². The quantitative estimate of drug-likeness (QED) is 0.909. The number of nitrogens with one attached hydrogen (secondary N) is 1. The largest absolute Gasteiger partial charge is 0.417 e. The van der Waals surface area contributed by atoms with Crippen LogP contribution in [0.15, 0.2) is 42.5 Å². The molecule has 0 bridgehead atoms. The Hall–Kier alpha value is -2.89. The summed E-state index contributed by atoms with van der Waals surface area (Å²) in [7, 11) is 0. The highest BCUT2D eigenvalue weighted by atomic mass is 19.1. The number of carbonyl (C=O) groups is 2. The number of halogens is 1. The van der Waals surface area contributed by atoms with E-state index in [-0.39, 0.29) is 11.9 Å². The maximum Gasteiger partial charge on any atom is 0.417 e. The molecule has 5 rings (SSSR count). The lowest BCUT2D eigenvalue weighted by Gasteiger charge is -2.17. The van der Waals surface area contributed by atoms with Gasteiger partial charge in [0.15, 0.2) is 0 Å². The number of para-hydroxylation sites is 1. The van der Waals surface area contributed by atoms with E-state index in [4.69, 9.17) is 4.74 Å². The fourth-order valence-electron chi connectivity index (χ4n) is 3.76. The zero-order valence-corrected chi connectivity index (χ0v) is 14.0. The lowest BCUT2D eigenvalue weighted by molar-refractivity contribution is -0.120. The lowest BCUT2D eigenvalue weighted by atomic mass is 9.97. The van der Waals surface area contributed by atoms with Crippen molar-refractivity contribution in [2.24, 2.45) is 0 Å². The van der Waals surface area contributed by atoms with Crippen LogP contribution in [0, 0.1) is 5.82 Å². The second kappa shape index (κ2) is 5.30. The highest BCUT2D eigenvalue weighted by molar-refractivity contribution is 6.11. The van der Waals surface area contributed by atoms with E-state index >= 15 is 0 Å². The monoisotopic (exact) mass is 352 g/mol. The summed E-state index contributed by atoms with van der Waals surface area (Å²) in [5.41, 5.74) is 0.820. The van der Waals surface area contributed by atoms with Crippen LogP contribution in [-0.4, -0.2) is 18.0 Å². The van der Waals surface area contributed by atoms with Crippen molar-refractivity contribution in [2.75, 3.05) is 10.2 Å². The van der Waals surface area contributed by atoms with E-state index in [1.54, 1.807) is 35.2 Å². The Labute approximate surface area is 149 Å². The van der Waals surface area contributed by atoms with E-state index in [1.807, 2.05) is 6.07 Å². The molecule has 0 radical (unpaired) electrons. The Balaban J connectivity index is 1.44. The standard InChI is InChI=1S/C20H17FN2O3/c21-16-11-12(22-19(25)26-14-4-2-1-3-5-14)10-15-17(16)23(13-6-7-13)18(24)20(15)8-9-20/h1-5,10-11,13H,6-9H2,(H,22,25). The van der Waals surface area contributed by atoms with Gasteiger partial charge in [0.2, 0.25) is 5.91 Å². The van der Waals surface area contributed by atoms with Crippen molar-refractivity contribution in [2.45, 2.75) is 37.1 Å². The summed E-state index contributed by atoms with van der Waals surface area (Å²) >= 11 is 0. The van der Waals surface area contributed by atoms with Crippen molar-refractivity contribution in [1.82, 2.24) is 0 Å². The van der Waals surface area contributed by atoms with Crippen molar-refractivity contribution in [3.8, 4) is 5.75 Å². The summed E-state index contributed by atoms with van der Waals surface area (Å²) in [5.74, 6) is -0.0557. The van der Waals surface area contributed by atoms with Crippen molar-refractivity contribution >= 4 is 23.4 Å². The Morgan fingerprint density at radius 1 is 1.19 bits per heavy atom. The van der Waals surface area contributed by atoms with Gasteiger partial charge in [0.1, 0.15) is 11.6 Å². The Bertz CT molecular complexity index is 920. The number of ether oxygens (including phenoxy) is 1. The second-order valence-corrected chi connectivity index (χ2v) is 7.17. The molecule has 2 aromatic rings. The molecule has 5 nitrogen and oxygen atoms in total. The first-order valence-electron chi connectivity index (χ1n) is 8.80. The summed E-state index contributed by atoms with van der Waals surface area (Å²) in [4.78, 5) is 26.5. The molecule has 2 saturated carbocycles. The van der Waals surface area contributed by atoms with Crippen LogP contribution in [-0.2, 0) is 10.2 Å². The maximum absolute atomic E-state index is 14.8. The molecule has 3 aliphatic rings. The van der Waals surface area contributed by atoms with Gasteiger partial charge in [0.05, 0.1) is 11.1 Å². The third-order valence-electron chi connectivity index (χ3n) is 5.31.